The monoisotopic (exact) mass is 312 g/mol. The summed E-state index contributed by atoms with van der Waals surface area (Å²) < 4.78 is 14.3. The summed E-state index contributed by atoms with van der Waals surface area (Å²) in [6.07, 6.45) is 5.73. The molecule has 0 amide bonds. The zero-order chi connectivity index (χ0) is 15.1. The maximum atomic E-state index is 14.3. The van der Waals surface area contributed by atoms with Crippen LogP contribution in [0.3, 0.4) is 0 Å². The Morgan fingerprint density at radius 1 is 1.24 bits per heavy atom. The first-order valence-electron chi connectivity index (χ1n) is 7.48. The highest BCUT2D eigenvalue weighted by atomic mass is 35.5. The summed E-state index contributed by atoms with van der Waals surface area (Å²) in [5.41, 5.74) is 12.3. The summed E-state index contributed by atoms with van der Waals surface area (Å²) in [5.74, 6) is -0.543. The highest BCUT2D eigenvalue weighted by Gasteiger charge is 2.36. The van der Waals surface area contributed by atoms with E-state index in [0.29, 0.717) is 23.5 Å². The standard InChI is InChI=1S/C15H22ClFN4/c1-21-9-3-2-4-10(21)6-8(5-9)20-15-12(19)7-11(18)13(16)14(15)17/h7-10,20H,2-6,18-19H2,1H3. The van der Waals surface area contributed by atoms with E-state index in [0.717, 1.165) is 12.8 Å². The van der Waals surface area contributed by atoms with Crippen LogP contribution in [0.2, 0.25) is 5.02 Å². The van der Waals surface area contributed by atoms with Crippen molar-refractivity contribution in [2.24, 2.45) is 0 Å². The SMILES string of the molecule is CN1C2CCCC1CC(Nc1c(N)cc(N)c(Cl)c1F)C2. The molecule has 4 nitrogen and oxygen atoms in total. The molecule has 2 aliphatic rings. The second kappa shape index (κ2) is 5.54. The Bertz CT molecular complexity index is 537. The Morgan fingerprint density at radius 2 is 1.86 bits per heavy atom. The van der Waals surface area contributed by atoms with Gasteiger partial charge >= 0.3 is 0 Å². The van der Waals surface area contributed by atoms with E-state index in [2.05, 4.69) is 17.3 Å². The van der Waals surface area contributed by atoms with Crippen LogP contribution < -0.4 is 16.8 Å². The van der Waals surface area contributed by atoms with E-state index in [-0.39, 0.29) is 16.8 Å². The van der Waals surface area contributed by atoms with E-state index in [1.807, 2.05) is 0 Å². The topological polar surface area (TPSA) is 67.3 Å². The molecule has 0 saturated carbocycles. The van der Waals surface area contributed by atoms with Crippen molar-refractivity contribution < 1.29 is 4.39 Å². The van der Waals surface area contributed by atoms with Crippen molar-refractivity contribution in [2.75, 3.05) is 23.8 Å². The average molecular weight is 313 g/mol. The number of hydrogen-bond acceptors (Lipinski definition) is 4. The predicted molar refractivity (Wildman–Crippen MR) is 86.1 cm³/mol. The van der Waals surface area contributed by atoms with Gasteiger partial charge in [0.25, 0.3) is 0 Å². The van der Waals surface area contributed by atoms with Gasteiger partial charge < -0.3 is 21.7 Å². The molecule has 2 unspecified atom stereocenters. The number of rotatable bonds is 2. The minimum absolute atomic E-state index is 0.0557. The van der Waals surface area contributed by atoms with Gasteiger partial charge in [-0.2, -0.15) is 0 Å². The molecule has 1 aromatic rings. The van der Waals surface area contributed by atoms with Crippen LogP contribution in [0, 0.1) is 5.82 Å². The predicted octanol–water partition coefficient (Wildman–Crippen LogP) is 3.07. The van der Waals surface area contributed by atoms with Gasteiger partial charge in [-0.1, -0.05) is 18.0 Å². The smallest absolute Gasteiger partial charge is 0.169 e. The lowest BCUT2D eigenvalue weighted by Crippen LogP contribution is -2.52. The van der Waals surface area contributed by atoms with Crippen molar-refractivity contribution in [1.82, 2.24) is 4.90 Å². The van der Waals surface area contributed by atoms with Gasteiger partial charge in [0.1, 0.15) is 5.02 Å². The molecule has 116 valence electrons. The molecule has 0 aliphatic carbocycles. The third-order valence-electron chi connectivity index (χ3n) is 4.95. The van der Waals surface area contributed by atoms with Crippen LogP contribution in [0.4, 0.5) is 21.5 Å². The minimum Gasteiger partial charge on any atom is -0.397 e. The lowest BCUT2D eigenvalue weighted by molar-refractivity contribution is 0.0608. The molecule has 2 aliphatic heterocycles. The molecule has 2 fully saturated rings. The average Bonchev–Trinajstić information content (AvgIpc) is 2.42. The molecule has 0 aromatic heterocycles. The number of hydrogen-bond donors (Lipinski definition) is 3. The molecule has 21 heavy (non-hydrogen) atoms. The van der Waals surface area contributed by atoms with Gasteiger partial charge in [-0.15, -0.1) is 0 Å². The van der Waals surface area contributed by atoms with Crippen LogP contribution in [-0.2, 0) is 0 Å². The van der Waals surface area contributed by atoms with Crippen molar-refractivity contribution >= 4 is 28.7 Å². The number of fused-ring (bicyclic) bond motifs is 2. The molecule has 2 bridgehead atoms. The molecule has 0 spiro atoms. The zero-order valence-corrected chi connectivity index (χ0v) is 13.0. The first-order chi connectivity index (χ1) is 9.97. The fourth-order valence-electron chi connectivity index (χ4n) is 3.75. The molecule has 0 radical (unpaired) electrons. The fraction of sp³-hybridized carbons (Fsp3) is 0.600. The number of benzene rings is 1. The Morgan fingerprint density at radius 3 is 2.48 bits per heavy atom. The van der Waals surface area contributed by atoms with Gasteiger partial charge in [0, 0.05) is 18.1 Å². The summed E-state index contributed by atoms with van der Waals surface area (Å²) in [6.45, 7) is 0. The largest absolute Gasteiger partial charge is 0.397 e. The second-order valence-electron chi connectivity index (χ2n) is 6.27. The maximum absolute atomic E-state index is 14.3. The summed E-state index contributed by atoms with van der Waals surface area (Å²) >= 11 is 5.89. The summed E-state index contributed by atoms with van der Waals surface area (Å²) in [4.78, 5) is 2.47. The quantitative estimate of drug-likeness (QED) is 0.734. The van der Waals surface area contributed by atoms with Crippen LogP contribution in [-0.4, -0.2) is 30.1 Å². The fourth-order valence-corrected chi connectivity index (χ4v) is 3.90. The molecule has 1 aromatic carbocycles. The van der Waals surface area contributed by atoms with Crippen LogP contribution in [0.1, 0.15) is 32.1 Å². The Kier molecular flexibility index (Phi) is 3.88. The van der Waals surface area contributed by atoms with Gasteiger partial charge in [0.2, 0.25) is 0 Å². The van der Waals surface area contributed by atoms with Crippen LogP contribution >= 0.6 is 11.6 Å². The number of halogens is 2. The second-order valence-corrected chi connectivity index (χ2v) is 6.65. The Hall–Kier alpha value is -1.20. The number of nitrogens with two attached hydrogens (primary N) is 2. The maximum Gasteiger partial charge on any atom is 0.169 e. The normalized spacial score (nSPS) is 29.4. The van der Waals surface area contributed by atoms with E-state index in [4.69, 9.17) is 23.1 Å². The Balaban J connectivity index is 1.80. The van der Waals surface area contributed by atoms with Gasteiger partial charge in [-0.25, -0.2) is 4.39 Å². The highest BCUT2D eigenvalue weighted by Crippen LogP contribution is 2.38. The van der Waals surface area contributed by atoms with Crippen molar-refractivity contribution in [3.63, 3.8) is 0 Å². The number of nitrogens with zero attached hydrogens (tertiary/aromatic N) is 1. The van der Waals surface area contributed by atoms with Gasteiger partial charge in [0.05, 0.1) is 17.1 Å². The van der Waals surface area contributed by atoms with E-state index >= 15 is 0 Å². The molecule has 2 saturated heterocycles. The van der Waals surface area contributed by atoms with Gasteiger partial charge in [0.15, 0.2) is 5.82 Å². The lowest BCUT2D eigenvalue weighted by Gasteiger charge is -2.47. The molecule has 6 heteroatoms. The minimum atomic E-state index is -0.543. The Labute approximate surface area is 129 Å². The number of piperidine rings is 2. The van der Waals surface area contributed by atoms with Crippen LogP contribution in [0.5, 0.6) is 0 Å². The number of nitrogens with one attached hydrogen (secondary N) is 1. The summed E-state index contributed by atoms with van der Waals surface area (Å²) in [6, 6.07) is 2.89. The summed E-state index contributed by atoms with van der Waals surface area (Å²) in [5, 5.41) is 3.21. The van der Waals surface area contributed by atoms with Crippen molar-refractivity contribution in [1.29, 1.82) is 0 Å². The molecular formula is C15H22ClFN4. The first kappa shape index (κ1) is 14.7. The number of anilines is 3. The summed E-state index contributed by atoms with van der Waals surface area (Å²) in [7, 11) is 2.19. The van der Waals surface area contributed by atoms with Crippen LogP contribution in [0.15, 0.2) is 6.07 Å². The first-order valence-corrected chi connectivity index (χ1v) is 7.86. The molecule has 2 heterocycles. The van der Waals surface area contributed by atoms with E-state index in [1.54, 1.807) is 0 Å². The molecule has 3 rings (SSSR count). The molecular weight excluding hydrogens is 291 g/mol. The van der Waals surface area contributed by atoms with Gasteiger partial charge in [-0.05, 0) is 38.8 Å². The van der Waals surface area contributed by atoms with Crippen LogP contribution in [0.25, 0.3) is 0 Å². The lowest BCUT2D eigenvalue weighted by atomic mass is 9.82. The van der Waals surface area contributed by atoms with E-state index < -0.39 is 5.82 Å². The number of nitrogen functional groups attached to an aromatic ring is 2. The van der Waals surface area contributed by atoms with E-state index in [9.17, 15) is 4.39 Å². The van der Waals surface area contributed by atoms with Crippen molar-refractivity contribution in [2.45, 2.75) is 50.2 Å². The zero-order valence-electron chi connectivity index (χ0n) is 12.2. The molecule has 2 atom stereocenters. The van der Waals surface area contributed by atoms with E-state index in [1.165, 1.54) is 25.3 Å². The van der Waals surface area contributed by atoms with Crippen molar-refractivity contribution in [3.05, 3.63) is 16.9 Å². The van der Waals surface area contributed by atoms with Gasteiger partial charge in [-0.3, -0.25) is 0 Å². The molecule has 5 N–H and O–H groups in total. The highest BCUT2D eigenvalue weighted by molar-refractivity contribution is 6.33. The third kappa shape index (κ3) is 2.64. The third-order valence-corrected chi connectivity index (χ3v) is 5.34. The van der Waals surface area contributed by atoms with Crippen molar-refractivity contribution in [3.8, 4) is 0 Å².